The minimum atomic E-state index is -0.333. The van der Waals surface area contributed by atoms with E-state index >= 15 is 0 Å². The number of hydrogen-bond donors (Lipinski definition) is 0. The SMILES string of the molecule is N#CCN(CC#N)C(=O)CCN1C(=O)COc2ccccc21. The molecule has 0 aliphatic carbocycles. The smallest absolute Gasteiger partial charge is 0.265 e. The molecule has 0 unspecified atom stereocenters. The zero-order valence-corrected chi connectivity index (χ0v) is 11.9. The Bertz CT molecular complexity index is 643. The fourth-order valence-electron chi connectivity index (χ4n) is 2.17. The highest BCUT2D eigenvalue weighted by atomic mass is 16.5. The van der Waals surface area contributed by atoms with Crippen molar-refractivity contribution in [2.24, 2.45) is 0 Å². The van der Waals surface area contributed by atoms with Crippen LogP contribution in [0, 0.1) is 22.7 Å². The first kappa shape index (κ1) is 15.3. The number of nitriles is 2. The number of carbonyl (C=O) groups is 2. The number of anilines is 1. The van der Waals surface area contributed by atoms with Crippen molar-refractivity contribution in [1.82, 2.24) is 4.90 Å². The fraction of sp³-hybridized carbons (Fsp3) is 0.333. The quantitative estimate of drug-likeness (QED) is 0.744. The zero-order valence-electron chi connectivity index (χ0n) is 11.9. The van der Waals surface area contributed by atoms with Crippen LogP contribution >= 0.6 is 0 Å². The molecule has 7 heteroatoms. The lowest BCUT2D eigenvalue weighted by molar-refractivity contribution is -0.129. The second kappa shape index (κ2) is 7.09. The number of nitrogens with zero attached hydrogens (tertiary/aromatic N) is 4. The van der Waals surface area contributed by atoms with Gasteiger partial charge < -0.3 is 14.5 Å². The molecule has 1 aromatic rings. The summed E-state index contributed by atoms with van der Waals surface area (Å²) in [5, 5.41) is 17.3. The summed E-state index contributed by atoms with van der Waals surface area (Å²) < 4.78 is 5.32. The maximum absolute atomic E-state index is 12.0. The second-order valence-electron chi connectivity index (χ2n) is 4.62. The molecule has 1 heterocycles. The number of ether oxygens (including phenoxy) is 1. The van der Waals surface area contributed by atoms with Crippen LogP contribution in [0.25, 0.3) is 0 Å². The minimum absolute atomic E-state index is 0.0451. The van der Waals surface area contributed by atoms with Crippen molar-refractivity contribution >= 4 is 17.5 Å². The summed E-state index contributed by atoms with van der Waals surface area (Å²) in [5.74, 6) is 0.0407. The molecule has 1 aromatic carbocycles. The van der Waals surface area contributed by atoms with Crippen molar-refractivity contribution in [3.63, 3.8) is 0 Å². The van der Waals surface area contributed by atoms with Crippen molar-refractivity contribution in [2.45, 2.75) is 6.42 Å². The Morgan fingerprint density at radius 2 is 1.95 bits per heavy atom. The number of rotatable bonds is 5. The molecule has 0 radical (unpaired) electrons. The van der Waals surface area contributed by atoms with E-state index in [2.05, 4.69) is 0 Å². The molecule has 0 atom stereocenters. The predicted molar refractivity (Wildman–Crippen MR) is 76.7 cm³/mol. The minimum Gasteiger partial charge on any atom is -0.482 e. The standard InChI is InChI=1S/C15H14N4O3/c16-6-9-18(10-7-17)14(20)5-8-19-12-3-1-2-4-13(12)22-11-15(19)21/h1-4H,5,8-11H2. The number of fused-ring (bicyclic) bond motifs is 1. The van der Waals surface area contributed by atoms with E-state index in [4.69, 9.17) is 15.3 Å². The Morgan fingerprint density at radius 3 is 2.64 bits per heavy atom. The van der Waals surface area contributed by atoms with Crippen molar-refractivity contribution < 1.29 is 14.3 Å². The fourth-order valence-corrected chi connectivity index (χ4v) is 2.17. The number of benzene rings is 1. The third kappa shape index (κ3) is 3.33. The van der Waals surface area contributed by atoms with Gasteiger partial charge in [-0.15, -0.1) is 0 Å². The molecular formula is C15H14N4O3. The summed E-state index contributed by atoms with van der Waals surface area (Å²) in [4.78, 5) is 26.7. The number of para-hydroxylation sites is 2. The maximum atomic E-state index is 12.0. The first-order valence-electron chi connectivity index (χ1n) is 6.71. The molecule has 0 N–H and O–H groups in total. The van der Waals surface area contributed by atoms with E-state index in [-0.39, 0.29) is 44.5 Å². The molecule has 22 heavy (non-hydrogen) atoms. The molecule has 1 aliphatic heterocycles. The van der Waals surface area contributed by atoms with Crippen LogP contribution in [0.1, 0.15) is 6.42 Å². The van der Waals surface area contributed by atoms with Crippen molar-refractivity contribution in [3.8, 4) is 17.9 Å². The Hall–Kier alpha value is -3.06. The summed E-state index contributed by atoms with van der Waals surface area (Å²) in [6.45, 7) is -0.156. The van der Waals surface area contributed by atoms with Crippen molar-refractivity contribution in [3.05, 3.63) is 24.3 Å². The van der Waals surface area contributed by atoms with Gasteiger partial charge in [0.15, 0.2) is 6.61 Å². The second-order valence-corrected chi connectivity index (χ2v) is 4.62. The average molecular weight is 298 g/mol. The Labute approximate surface area is 127 Å². The van der Waals surface area contributed by atoms with Crippen LogP contribution in [0.5, 0.6) is 5.75 Å². The van der Waals surface area contributed by atoms with E-state index in [1.54, 1.807) is 24.3 Å². The van der Waals surface area contributed by atoms with Gasteiger partial charge in [0.25, 0.3) is 5.91 Å². The maximum Gasteiger partial charge on any atom is 0.265 e. The van der Waals surface area contributed by atoms with Crippen LogP contribution in [0.4, 0.5) is 5.69 Å². The molecule has 0 saturated heterocycles. The van der Waals surface area contributed by atoms with E-state index in [0.29, 0.717) is 11.4 Å². The van der Waals surface area contributed by atoms with E-state index in [9.17, 15) is 9.59 Å². The monoisotopic (exact) mass is 298 g/mol. The van der Waals surface area contributed by atoms with Gasteiger partial charge in [-0.1, -0.05) is 12.1 Å². The normalized spacial score (nSPS) is 12.6. The van der Waals surface area contributed by atoms with Gasteiger partial charge in [0, 0.05) is 13.0 Å². The predicted octanol–water partition coefficient (Wildman–Crippen LogP) is 0.678. The van der Waals surface area contributed by atoms with Gasteiger partial charge >= 0.3 is 0 Å². The summed E-state index contributed by atoms with van der Waals surface area (Å²) in [6.07, 6.45) is 0.0451. The van der Waals surface area contributed by atoms with E-state index < -0.39 is 0 Å². The molecule has 2 amide bonds. The number of carbonyl (C=O) groups excluding carboxylic acids is 2. The third-order valence-electron chi connectivity index (χ3n) is 3.23. The van der Waals surface area contributed by atoms with Gasteiger partial charge in [0.2, 0.25) is 5.91 Å². The first-order chi connectivity index (χ1) is 10.7. The van der Waals surface area contributed by atoms with Gasteiger partial charge in [-0.3, -0.25) is 9.59 Å². The first-order valence-corrected chi connectivity index (χ1v) is 6.71. The van der Waals surface area contributed by atoms with Crippen molar-refractivity contribution in [1.29, 1.82) is 10.5 Å². The molecule has 2 rings (SSSR count). The Balaban J connectivity index is 2.05. The molecule has 1 aliphatic rings. The van der Waals surface area contributed by atoms with Crippen LogP contribution in [-0.2, 0) is 9.59 Å². The molecular weight excluding hydrogens is 284 g/mol. The lowest BCUT2D eigenvalue weighted by atomic mass is 10.2. The van der Waals surface area contributed by atoms with Gasteiger partial charge in [-0.25, -0.2) is 0 Å². The van der Waals surface area contributed by atoms with E-state index in [0.717, 1.165) is 4.90 Å². The van der Waals surface area contributed by atoms with Crippen LogP contribution in [-0.4, -0.2) is 43.0 Å². The van der Waals surface area contributed by atoms with E-state index in [1.165, 1.54) is 4.90 Å². The third-order valence-corrected chi connectivity index (χ3v) is 3.23. The van der Waals surface area contributed by atoms with Gasteiger partial charge in [0.05, 0.1) is 17.8 Å². The number of hydrogen-bond acceptors (Lipinski definition) is 5. The largest absolute Gasteiger partial charge is 0.482 e. The topological polar surface area (TPSA) is 97.4 Å². The lowest BCUT2D eigenvalue weighted by Gasteiger charge is -2.29. The van der Waals surface area contributed by atoms with Crippen LogP contribution < -0.4 is 9.64 Å². The van der Waals surface area contributed by atoms with Crippen LogP contribution in [0.2, 0.25) is 0 Å². The van der Waals surface area contributed by atoms with Crippen molar-refractivity contribution in [2.75, 3.05) is 31.1 Å². The molecule has 0 spiro atoms. The van der Waals surface area contributed by atoms with Gasteiger partial charge in [-0.05, 0) is 12.1 Å². The summed E-state index contributed by atoms with van der Waals surface area (Å²) in [6, 6.07) is 10.8. The number of amides is 2. The lowest BCUT2D eigenvalue weighted by Crippen LogP contribution is -2.41. The molecule has 7 nitrogen and oxygen atoms in total. The molecule has 0 saturated carbocycles. The Morgan fingerprint density at radius 1 is 1.27 bits per heavy atom. The molecule has 0 bridgehead atoms. The Kier molecular flexibility index (Phi) is 4.94. The van der Waals surface area contributed by atoms with Gasteiger partial charge in [0.1, 0.15) is 18.8 Å². The van der Waals surface area contributed by atoms with E-state index in [1.807, 2.05) is 12.1 Å². The van der Waals surface area contributed by atoms with Crippen LogP contribution in [0.3, 0.4) is 0 Å². The molecule has 112 valence electrons. The summed E-state index contributed by atoms with van der Waals surface area (Å²) in [7, 11) is 0. The van der Waals surface area contributed by atoms with Gasteiger partial charge in [-0.2, -0.15) is 10.5 Å². The molecule has 0 fully saturated rings. The summed E-state index contributed by atoms with van der Waals surface area (Å²) >= 11 is 0. The molecule has 0 aromatic heterocycles. The average Bonchev–Trinajstić information content (AvgIpc) is 2.53. The van der Waals surface area contributed by atoms with Crippen LogP contribution in [0.15, 0.2) is 24.3 Å². The highest BCUT2D eigenvalue weighted by molar-refractivity contribution is 5.98. The zero-order chi connectivity index (χ0) is 15.9. The summed E-state index contributed by atoms with van der Waals surface area (Å²) in [5.41, 5.74) is 0.624. The highest BCUT2D eigenvalue weighted by Gasteiger charge is 2.26. The highest BCUT2D eigenvalue weighted by Crippen LogP contribution is 2.31.